The van der Waals surface area contributed by atoms with E-state index >= 15 is 0 Å². The van der Waals surface area contributed by atoms with Crippen LogP contribution in [0.5, 0.6) is 0 Å². The standard InChI is InChI=1S/C14H18ClN5OS/c1-4-10-11(15)18-12(17-10)13(21)19(3)9-5-20(6-9)14-16-8(2)7-22-14/h7,9H,4-6H2,1-3H3,(H,17,18). The van der Waals surface area contributed by atoms with Gasteiger partial charge in [-0.1, -0.05) is 18.5 Å². The minimum absolute atomic E-state index is 0.124. The third-order valence-corrected chi connectivity index (χ3v) is 5.22. The van der Waals surface area contributed by atoms with E-state index in [0.717, 1.165) is 36.0 Å². The number of likely N-dealkylation sites (N-methyl/N-ethyl adjacent to an activating group) is 1. The van der Waals surface area contributed by atoms with Crippen LogP contribution in [-0.2, 0) is 6.42 Å². The van der Waals surface area contributed by atoms with Crippen LogP contribution in [0.4, 0.5) is 5.13 Å². The lowest BCUT2D eigenvalue weighted by Gasteiger charge is -2.43. The first-order valence-corrected chi connectivity index (χ1v) is 8.44. The van der Waals surface area contributed by atoms with Gasteiger partial charge in [-0.3, -0.25) is 4.79 Å². The van der Waals surface area contributed by atoms with Crippen LogP contribution in [-0.4, -0.2) is 51.9 Å². The van der Waals surface area contributed by atoms with Gasteiger partial charge in [0.25, 0.3) is 5.91 Å². The molecule has 3 heterocycles. The lowest BCUT2D eigenvalue weighted by Crippen LogP contribution is -2.60. The lowest BCUT2D eigenvalue weighted by atomic mass is 10.1. The molecule has 2 aromatic heterocycles. The van der Waals surface area contributed by atoms with Crippen LogP contribution < -0.4 is 4.90 Å². The van der Waals surface area contributed by atoms with Crippen molar-refractivity contribution < 1.29 is 4.79 Å². The maximum atomic E-state index is 12.4. The summed E-state index contributed by atoms with van der Waals surface area (Å²) in [6.07, 6.45) is 0.726. The zero-order chi connectivity index (χ0) is 15.9. The molecule has 1 saturated heterocycles. The molecule has 0 unspecified atom stereocenters. The minimum atomic E-state index is -0.124. The van der Waals surface area contributed by atoms with Crippen molar-refractivity contribution in [1.29, 1.82) is 0 Å². The smallest absolute Gasteiger partial charge is 0.289 e. The summed E-state index contributed by atoms with van der Waals surface area (Å²) in [5.74, 6) is 0.189. The molecule has 1 aliphatic rings. The summed E-state index contributed by atoms with van der Waals surface area (Å²) in [5, 5.41) is 3.44. The van der Waals surface area contributed by atoms with Crippen molar-refractivity contribution in [1.82, 2.24) is 19.9 Å². The second kappa shape index (κ2) is 5.89. The van der Waals surface area contributed by atoms with Gasteiger partial charge in [0, 0.05) is 25.5 Å². The summed E-state index contributed by atoms with van der Waals surface area (Å²) in [6.45, 7) is 5.55. The van der Waals surface area contributed by atoms with Crippen molar-refractivity contribution in [2.75, 3.05) is 25.0 Å². The van der Waals surface area contributed by atoms with Crippen LogP contribution in [0, 0.1) is 6.92 Å². The third-order valence-electron chi connectivity index (χ3n) is 3.89. The van der Waals surface area contributed by atoms with E-state index in [1.54, 1.807) is 23.3 Å². The predicted molar refractivity (Wildman–Crippen MR) is 87.9 cm³/mol. The number of imidazole rings is 1. The SMILES string of the molecule is CCc1[nH]c(C(=O)N(C)C2CN(c3nc(C)cs3)C2)nc1Cl. The molecule has 0 aromatic carbocycles. The van der Waals surface area contributed by atoms with E-state index in [-0.39, 0.29) is 11.9 Å². The number of aromatic amines is 1. The van der Waals surface area contributed by atoms with Gasteiger partial charge in [0.15, 0.2) is 16.1 Å². The van der Waals surface area contributed by atoms with Crippen LogP contribution in [0.3, 0.4) is 0 Å². The van der Waals surface area contributed by atoms with Gasteiger partial charge in [0.1, 0.15) is 0 Å². The fourth-order valence-electron chi connectivity index (χ4n) is 2.40. The van der Waals surface area contributed by atoms with Gasteiger partial charge < -0.3 is 14.8 Å². The number of thiazole rings is 1. The van der Waals surface area contributed by atoms with Crippen LogP contribution in [0.25, 0.3) is 0 Å². The Bertz CT molecular complexity index is 691. The zero-order valence-corrected chi connectivity index (χ0v) is 14.3. The number of carbonyl (C=O) groups is 1. The maximum Gasteiger partial charge on any atom is 0.289 e. The molecule has 3 rings (SSSR count). The number of amides is 1. The number of hydrogen-bond acceptors (Lipinski definition) is 5. The lowest BCUT2D eigenvalue weighted by molar-refractivity contribution is 0.0694. The fraction of sp³-hybridized carbons (Fsp3) is 0.500. The molecule has 1 amide bonds. The van der Waals surface area contributed by atoms with Gasteiger partial charge in [-0.15, -0.1) is 11.3 Å². The number of hydrogen-bond donors (Lipinski definition) is 1. The average Bonchev–Trinajstić information content (AvgIpc) is 3.02. The molecular formula is C14H18ClN5OS. The molecule has 1 fully saturated rings. The average molecular weight is 340 g/mol. The number of rotatable bonds is 4. The zero-order valence-electron chi connectivity index (χ0n) is 12.8. The van der Waals surface area contributed by atoms with Gasteiger partial charge in [-0.25, -0.2) is 9.97 Å². The number of nitrogens with zero attached hydrogens (tertiary/aromatic N) is 4. The Kier molecular flexibility index (Phi) is 4.10. The minimum Gasteiger partial charge on any atom is -0.344 e. The van der Waals surface area contributed by atoms with E-state index in [4.69, 9.17) is 11.6 Å². The molecule has 0 radical (unpaired) electrons. The van der Waals surface area contributed by atoms with E-state index in [2.05, 4.69) is 19.9 Å². The summed E-state index contributed by atoms with van der Waals surface area (Å²) < 4.78 is 0. The summed E-state index contributed by atoms with van der Waals surface area (Å²) in [5.41, 5.74) is 1.83. The highest BCUT2D eigenvalue weighted by Crippen LogP contribution is 2.27. The molecule has 0 bridgehead atoms. The van der Waals surface area contributed by atoms with Gasteiger partial charge in [-0.05, 0) is 13.3 Å². The molecule has 0 aliphatic carbocycles. The van der Waals surface area contributed by atoms with Gasteiger partial charge in [0.05, 0.1) is 17.4 Å². The molecule has 22 heavy (non-hydrogen) atoms. The number of aryl methyl sites for hydroxylation is 2. The molecule has 0 saturated carbocycles. The molecule has 1 aliphatic heterocycles. The molecule has 118 valence electrons. The van der Waals surface area contributed by atoms with Crippen molar-refractivity contribution in [2.45, 2.75) is 26.3 Å². The van der Waals surface area contributed by atoms with E-state index in [9.17, 15) is 4.79 Å². The Labute approximate surface area is 138 Å². The van der Waals surface area contributed by atoms with Crippen molar-refractivity contribution in [3.05, 3.63) is 27.7 Å². The Morgan fingerprint density at radius 1 is 1.55 bits per heavy atom. The van der Waals surface area contributed by atoms with Crippen molar-refractivity contribution in [2.24, 2.45) is 0 Å². The summed E-state index contributed by atoms with van der Waals surface area (Å²) in [6, 6.07) is 0.172. The number of halogens is 1. The number of nitrogens with one attached hydrogen (secondary N) is 1. The highest BCUT2D eigenvalue weighted by molar-refractivity contribution is 7.13. The quantitative estimate of drug-likeness (QED) is 0.928. The molecule has 0 atom stereocenters. The number of carbonyl (C=O) groups excluding carboxylic acids is 1. The Hall–Kier alpha value is -1.60. The first kappa shape index (κ1) is 15.3. The molecule has 2 aromatic rings. The number of H-pyrrole nitrogens is 1. The van der Waals surface area contributed by atoms with Crippen LogP contribution in [0.2, 0.25) is 5.15 Å². The largest absolute Gasteiger partial charge is 0.344 e. The first-order valence-electron chi connectivity index (χ1n) is 7.18. The number of aromatic nitrogens is 3. The predicted octanol–water partition coefficient (Wildman–Crippen LogP) is 2.35. The Morgan fingerprint density at radius 2 is 2.27 bits per heavy atom. The van der Waals surface area contributed by atoms with E-state index in [0.29, 0.717) is 11.0 Å². The van der Waals surface area contributed by atoms with Gasteiger partial charge in [0.2, 0.25) is 0 Å². The van der Waals surface area contributed by atoms with Gasteiger partial charge >= 0.3 is 0 Å². The fourth-order valence-corrected chi connectivity index (χ4v) is 3.49. The van der Waals surface area contributed by atoms with E-state index < -0.39 is 0 Å². The molecule has 1 N–H and O–H groups in total. The normalized spacial score (nSPS) is 15.0. The number of anilines is 1. The summed E-state index contributed by atoms with van der Waals surface area (Å²) in [4.78, 5) is 27.9. The monoisotopic (exact) mass is 339 g/mol. The highest BCUT2D eigenvalue weighted by atomic mass is 35.5. The second-order valence-corrected chi connectivity index (χ2v) is 6.65. The van der Waals surface area contributed by atoms with Crippen LogP contribution in [0.1, 0.15) is 28.9 Å². The van der Waals surface area contributed by atoms with E-state index in [1.807, 2.05) is 19.2 Å². The third kappa shape index (κ3) is 2.70. The summed E-state index contributed by atoms with van der Waals surface area (Å²) in [7, 11) is 1.81. The van der Waals surface area contributed by atoms with Crippen molar-refractivity contribution in [3.8, 4) is 0 Å². The molecule has 0 spiro atoms. The van der Waals surface area contributed by atoms with Crippen LogP contribution in [0.15, 0.2) is 5.38 Å². The molecular weight excluding hydrogens is 322 g/mol. The van der Waals surface area contributed by atoms with E-state index in [1.165, 1.54) is 0 Å². The van der Waals surface area contributed by atoms with Crippen molar-refractivity contribution in [3.63, 3.8) is 0 Å². The Morgan fingerprint density at radius 3 is 2.82 bits per heavy atom. The highest BCUT2D eigenvalue weighted by Gasteiger charge is 2.35. The van der Waals surface area contributed by atoms with Crippen molar-refractivity contribution >= 4 is 34.0 Å². The molecule has 6 nitrogen and oxygen atoms in total. The maximum absolute atomic E-state index is 12.4. The second-order valence-electron chi connectivity index (χ2n) is 5.45. The Balaban J connectivity index is 1.62. The van der Waals surface area contributed by atoms with Crippen LogP contribution >= 0.6 is 22.9 Å². The molecule has 8 heteroatoms. The van der Waals surface area contributed by atoms with Gasteiger partial charge in [-0.2, -0.15) is 0 Å². The first-order chi connectivity index (χ1) is 10.5. The topological polar surface area (TPSA) is 65.1 Å². The summed E-state index contributed by atoms with van der Waals surface area (Å²) >= 11 is 7.63.